The molecule has 2 aromatic carbocycles. The molecule has 104 valence electrons. The monoisotopic (exact) mass is 303 g/mol. The van der Waals surface area contributed by atoms with Gasteiger partial charge >= 0.3 is 0 Å². The Morgan fingerprint density at radius 3 is 2.70 bits per heavy atom. The van der Waals surface area contributed by atoms with Crippen LogP contribution in [0.2, 0.25) is 5.02 Å². The van der Waals surface area contributed by atoms with Gasteiger partial charge in [-0.2, -0.15) is 0 Å². The standard InChI is InChI=1S/C17H18ClNS/c18-14-7-5-12(6-8-14)9-15(19)10-13-11-20-17-4-2-1-3-16(13)17/h1-8,13,15H,9-11,19H2. The summed E-state index contributed by atoms with van der Waals surface area (Å²) in [6.45, 7) is 0. The Hall–Kier alpha value is -0.960. The van der Waals surface area contributed by atoms with Crippen LogP contribution in [0.5, 0.6) is 0 Å². The third kappa shape index (κ3) is 3.20. The van der Waals surface area contributed by atoms with Crippen molar-refractivity contribution in [1.29, 1.82) is 0 Å². The summed E-state index contributed by atoms with van der Waals surface area (Å²) in [6, 6.07) is 16.9. The fourth-order valence-corrected chi connectivity index (χ4v) is 4.19. The van der Waals surface area contributed by atoms with Gasteiger partial charge in [-0.05, 0) is 48.1 Å². The highest BCUT2D eigenvalue weighted by molar-refractivity contribution is 7.99. The summed E-state index contributed by atoms with van der Waals surface area (Å²) in [5, 5.41) is 0.781. The highest BCUT2D eigenvalue weighted by Crippen LogP contribution is 2.41. The van der Waals surface area contributed by atoms with E-state index < -0.39 is 0 Å². The lowest BCUT2D eigenvalue weighted by Crippen LogP contribution is -2.25. The first-order valence-electron chi connectivity index (χ1n) is 6.94. The van der Waals surface area contributed by atoms with Gasteiger partial charge in [-0.1, -0.05) is 41.9 Å². The number of benzene rings is 2. The van der Waals surface area contributed by atoms with E-state index >= 15 is 0 Å². The molecule has 2 aromatic rings. The first kappa shape index (κ1) is 14.0. The predicted molar refractivity (Wildman–Crippen MR) is 87.7 cm³/mol. The molecule has 1 aliphatic heterocycles. The van der Waals surface area contributed by atoms with Crippen molar-refractivity contribution in [3.63, 3.8) is 0 Å². The largest absolute Gasteiger partial charge is 0.327 e. The number of rotatable bonds is 4. The Bertz CT molecular complexity index is 582. The van der Waals surface area contributed by atoms with Gasteiger partial charge in [0, 0.05) is 21.7 Å². The molecule has 0 radical (unpaired) electrons. The number of hydrogen-bond donors (Lipinski definition) is 1. The van der Waals surface area contributed by atoms with Gasteiger partial charge in [-0.15, -0.1) is 11.8 Å². The van der Waals surface area contributed by atoms with E-state index in [0.717, 1.165) is 23.6 Å². The lowest BCUT2D eigenvalue weighted by Gasteiger charge is -2.17. The lowest BCUT2D eigenvalue weighted by molar-refractivity contribution is 0.554. The van der Waals surface area contributed by atoms with Gasteiger partial charge in [0.25, 0.3) is 0 Å². The van der Waals surface area contributed by atoms with Crippen LogP contribution in [0.3, 0.4) is 0 Å². The molecule has 0 aromatic heterocycles. The number of hydrogen-bond acceptors (Lipinski definition) is 2. The number of thioether (sulfide) groups is 1. The molecule has 1 nitrogen and oxygen atoms in total. The number of halogens is 1. The molecule has 0 spiro atoms. The summed E-state index contributed by atoms with van der Waals surface area (Å²) in [6.07, 6.45) is 1.97. The average Bonchev–Trinajstić information content (AvgIpc) is 2.85. The second-order valence-electron chi connectivity index (χ2n) is 5.37. The molecule has 3 rings (SSSR count). The zero-order valence-electron chi connectivity index (χ0n) is 11.3. The third-order valence-corrected chi connectivity index (χ3v) is 5.30. The Labute approximate surface area is 129 Å². The maximum atomic E-state index is 6.34. The van der Waals surface area contributed by atoms with Crippen molar-refractivity contribution in [2.24, 2.45) is 5.73 Å². The van der Waals surface area contributed by atoms with Crippen LogP contribution in [0.1, 0.15) is 23.5 Å². The molecule has 2 atom stereocenters. The van der Waals surface area contributed by atoms with Gasteiger partial charge in [-0.25, -0.2) is 0 Å². The molecule has 0 amide bonds. The molecular weight excluding hydrogens is 286 g/mol. The van der Waals surface area contributed by atoms with Gasteiger partial charge in [0.15, 0.2) is 0 Å². The van der Waals surface area contributed by atoms with E-state index in [1.165, 1.54) is 16.0 Å². The normalized spacial score (nSPS) is 18.8. The smallest absolute Gasteiger partial charge is 0.0406 e. The molecule has 0 aliphatic carbocycles. The molecule has 0 bridgehead atoms. The maximum absolute atomic E-state index is 6.34. The van der Waals surface area contributed by atoms with E-state index in [1.807, 2.05) is 23.9 Å². The minimum Gasteiger partial charge on any atom is -0.327 e. The summed E-state index contributed by atoms with van der Waals surface area (Å²) in [4.78, 5) is 1.43. The van der Waals surface area contributed by atoms with Crippen molar-refractivity contribution < 1.29 is 0 Å². The summed E-state index contributed by atoms with van der Waals surface area (Å²) in [7, 11) is 0. The second kappa shape index (κ2) is 6.21. The molecule has 0 saturated heterocycles. The fraction of sp³-hybridized carbons (Fsp3) is 0.294. The molecule has 0 saturated carbocycles. The van der Waals surface area contributed by atoms with Crippen LogP contribution in [-0.2, 0) is 6.42 Å². The molecule has 0 fully saturated rings. The van der Waals surface area contributed by atoms with Crippen LogP contribution in [-0.4, -0.2) is 11.8 Å². The quantitative estimate of drug-likeness (QED) is 0.900. The van der Waals surface area contributed by atoms with Crippen molar-refractivity contribution >= 4 is 23.4 Å². The Kier molecular flexibility index (Phi) is 4.35. The highest BCUT2D eigenvalue weighted by Gasteiger charge is 2.24. The lowest BCUT2D eigenvalue weighted by atomic mass is 9.91. The van der Waals surface area contributed by atoms with Gasteiger partial charge in [0.1, 0.15) is 0 Å². The minimum absolute atomic E-state index is 0.202. The average molecular weight is 304 g/mol. The van der Waals surface area contributed by atoms with Gasteiger partial charge in [0.2, 0.25) is 0 Å². The van der Waals surface area contributed by atoms with Crippen molar-refractivity contribution in [1.82, 2.24) is 0 Å². The molecule has 2 N–H and O–H groups in total. The van der Waals surface area contributed by atoms with Gasteiger partial charge < -0.3 is 5.73 Å². The molecule has 1 heterocycles. The van der Waals surface area contributed by atoms with Gasteiger partial charge in [-0.3, -0.25) is 0 Å². The minimum atomic E-state index is 0.202. The van der Waals surface area contributed by atoms with Crippen LogP contribution in [0.15, 0.2) is 53.4 Å². The van der Waals surface area contributed by atoms with Crippen molar-refractivity contribution in [2.75, 3.05) is 5.75 Å². The molecular formula is C17H18ClNS. The molecule has 20 heavy (non-hydrogen) atoms. The van der Waals surface area contributed by atoms with Gasteiger partial charge in [0.05, 0.1) is 0 Å². The van der Waals surface area contributed by atoms with Crippen molar-refractivity contribution in [3.8, 4) is 0 Å². The van der Waals surface area contributed by atoms with E-state index in [9.17, 15) is 0 Å². The second-order valence-corrected chi connectivity index (χ2v) is 6.87. The number of nitrogens with two attached hydrogens (primary N) is 1. The Morgan fingerprint density at radius 2 is 1.90 bits per heavy atom. The SMILES string of the molecule is NC(Cc1ccc(Cl)cc1)CC1CSc2ccccc21. The Morgan fingerprint density at radius 1 is 1.15 bits per heavy atom. The molecule has 3 heteroatoms. The third-order valence-electron chi connectivity index (χ3n) is 3.80. The number of fused-ring (bicyclic) bond motifs is 1. The van der Waals surface area contributed by atoms with Crippen LogP contribution in [0.4, 0.5) is 0 Å². The summed E-state index contributed by atoms with van der Waals surface area (Å²) in [5.41, 5.74) is 9.08. The zero-order valence-corrected chi connectivity index (χ0v) is 12.8. The van der Waals surface area contributed by atoms with Crippen LogP contribution in [0.25, 0.3) is 0 Å². The fourth-order valence-electron chi connectivity index (χ4n) is 2.80. The first-order valence-corrected chi connectivity index (χ1v) is 8.30. The van der Waals surface area contributed by atoms with E-state index in [0.29, 0.717) is 5.92 Å². The van der Waals surface area contributed by atoms with Crippen LogP contribution < -0.4 is 5.73 Å². The first-order chi connectivity index (χ1) is 9.72. The summed E-state index contributed by atoms with van der Waals surface area (Å²) in [5.74, 6) is 1.76. The maximum Gasteiger partial charge on any atom is 0.0406 e. The van der Waals surface area contributed by atoms with Crippen LogP contribution >= 0.6 is 23.4 Å². The van der Waals surface area contributed by atoms with E-state index in [4.69, 9.17) is 17.3 Å². The van der Waals surface area contributed by atoms with E-state index in [-0.39, 0.29) is 6.04 Å². The van der Waals surface area contributed by atoms with Crippen molar-refractivity contribution in [3.05, 3.63) is 64.7 Å². The topological polar surface area (TPSA) is 26.0 Å². The predicted octanol–water partition coefficient (Wildman–Crippen LogP) is 4.49. The van der Waals surface area contributed by atoms with Crippen LogP contribution in [0, 0.1) is 0 Å². The van der Waals surface area contributed by atoms with Crippen molar-refractivity contribution in [2.45, 2.75) is 29.7 Å². The summed E-state index contributed by atoms with van der Waals surface area (Å²) < 4.78 is 0. The summed E-state index contributed by atoms with van der Waals surface area (Å²) >= 11 is 7.86. The molecule has 2 unspecified atom stereocenters. The Balaban J connectivity index is 1.62. The zero-order chi connectivity index (χ0) is 13.9. The molecule has 1 aliphatic rings. The highest BCUT2D eigenvalue weighted by atomic mass is 35.5. The van der Waals surface area contributed by atoms with E-state index in [1.54, 1.807) is 0 Å². The van der Waals surface area contributed by atoms with E-state index in [2.05, 4.69) is 36.4 Å².